The molecule has 0 aromatic carbocycles. The summed E-state index contributed by atoms with van der Waals surface area (Å²) in [4.78, 5) is 6.47. The SMILES string of the molecule is CN=C(NCC1(C2CC2)CC1)N1CCS(=O)(=O)C(C)(C)C1.I. The van der Waals surface area contributed by atoms with Crippen LogP contribution in [0.3, 0.4) is 0 Å². The maximum Gasteiger partial charge on any atom is 0.193 e. The molecule has 1 heterocycles. The summed E-state index contributed by atoms with van der Waals surface area (Å²) in [5.41, 5.74) is 0.521. The number of sulfone groups is 1. The van der Waals surface area contributed by atoms with E-state index in [-0.39, 0.29) is 29.7 Å². The molecule has 3 fully saturated rings. The highest BCUT2D eigenvalue weighted by atomic mass is 127. The fraction of sp³-hybridized carbons (Fsp3) is 0.933. The van der Waals surface area contributed by atoms with Crippen molar-refractivity contribution in [3.63, 3.8) is 0 Å². The van der Waals surface area contributed by atoms with E-state index in [0.717, 1.165) is 18.4 Å². The van der Waals surface area contributed by atoms with Crippen molar-refractivity contribution in [3.8, 4) is 0 Å². The molecule has 5 nitrogen and oxygen atoms in total. The van der Waals surface area contributed by atoms with Gasteiger partial charge in [-0.25, -0.2) is 8.42 Å². The lowest BCUT2D eigenvalue weighted by molar-refractivity contribution is 0.344. The molecule has 1 saturated heterocycles. The van der Waals surface area contributed by atoms with Crippen molar-refractivity contribution < 1.29 is 8.42 Å². The monoisotopic (exact) mass is 441 g/mol. The van der Waals surface area contributed by atoms with Gasteiger partial charge in [-0.05, 0) is 50.9 Å². The standard InChI is InChI=1S/C15H27N3O2S.HI/c1-14(2)11-18(8-9-21(14,19)20)13(16-3)17-10-15(6-7-15)12-4-5-12;/h12H,4-11H2,1-3H3,(H,16,17);1H. The third-order valence-corrected chi connectivity index (χ3v) is 8.02. The van der Waals surface area contributed by atoms with Crippen molar-refractivity contribution in [3.05, 3.63) is 0 Å². The molecule has 0 unspecified atom stereocenters. The average Bonchev–Trinajstić information content (AvgIpc) is 3.25. The Balaban J connectivity index is 0.00000176. The minimum atomic E-state index is -2.99. The summed E-state index contributed by atoms with van der Waals surface area (Å²) in [5.74, 6) is 2.00. The molecule has 0 spiro atoms. The zero-order valence-corrected chi connectivity index (χ0v) is 16.9. The van der Waals surface area contributed by atoms with Crippen LogP contribution in [-0.2, 0) is 9.84 Å². The van der Waals surface area contributed by atoms with Gasteiger partial charge >= 0.3 is 0 Å². The largest absolute Gasteiger partial charge is 0.356 e. The minimum Gasteiger partial charge on any atom is -0.356 e. The zero-order chi connectivity index (χ0) is 15.3. The molecule has 0 bridgehead atoms. The van der Waals surface area contributed by atoms with Crippen LogP contribution in [-0.4, -0.2) is 56.5 Å². The minimum absolute atomic E-state index is 0. The lowest BCUT2D eigenvalue weighted by Crippen LogP contribution is -2.57. The molecular weight excluding hydrogens is 413 g/mol. The highest BCUT2D eigenvalue weighted by molar-refractivity contribution is 14.0. The molecule has 0 radical (unpaired) electrons. The van der Waals surface area contributed by atoms with Gasteiger partial charge in [0.1, 0.15) is 0 Å². The summed E-state index contributed by atoms with van der Waals surface area (Å²) >= 11 is 0. The molecule has 1 N–H and O–H groups in total. The number of aliphatic imine (C=N–C) groups is 1. The predicted molar refractivity (Wildman–Crippen MR) is 101 cm³/mol. The molecule has 0 atom stereocenters. The van der Waals surface area contributed by atoms with Gasteiger partial charge in [-0.15, -0.1) is 24.0 Å². The molecule has 0 aromatic rings. The normalized spacial score (nSPS) is 28.7. The summed E-state index contributed by atoms with van der Waals surface area (Å²) in [7, 11) is -1.21. The van der Waals surface area contributed by atoms with Crippen LogP contribution in [0.25, 0.3) is 0 Å². The summed E-state index contributed by atoms with van der Waals surface area (Å²) in [6.07, 6.45) is 5.44. The second kappa shape index (κ2) is 6.11. The Labute approximate surface area is 151 Å². The molecule has 2 saturated carbocycles. The highest BCUT2D eigenvalue weighted by Gasteiger charge is 2.53. The molecule has 0 amide bonds. The Morgan fingerprint density at radius 1 is 1.32 bits per heavy atom. The molecule has 7 heteroatoms. The van der Waals surface area contributed by atoms with Gasteiger partial charge in [0.2, 0.25) is 0 Å². The smallest absolute Gasteiger partial charge is 0.193 e. The number of rotatable bonds is 3. The molecule has 1 aliphatic heterocycles. The van der Waals surface area contributed by atoms with E-state index in [1.54, 1.807) is 7.05 Å². The van der Waals surface area contributed by atoms with Gasteiger partial charge in [-0.2, -0.15) is 0 Å². The first-order valence-electron chi connectivity index (χ1n) is 7.98. The first-order valence-corrected chi connectivity index (χ1v) is 9.63. The van der Waals surface area contributed by atoms with E-state index in [4.69, 9.17) is 0 Å². The predicted octanol–water partition coefficient (Wildman–Crippen LogP) is 1.88. The number of nitrogens with one attached hydrogen (secondary N) is 1. The number of nitrogens with zero attached hydrogens (tertiary/aromatic N) is 2. The summed E-state index contributed by atoms with van der Waals surface area (Å²) < 4.78 is 23.5. The summed E-state index contributed by atoms with van der Waals surface area (Å²) in [6, 6.07) is 0. The first kappa shape index (κ1) is 18.3. The zero-order valence-electron chi connectivity index (χ0n) is 13.8. The number of guanidine groups is 1. The molecule has 128 valence electrons. The maximum atomic E-state index is 12.1. The maximum absolute atomic E-state index is 12.1. The Morgan fingerprint density at radius 3 is 2.41 bits per heavy atom. The van der Waals surface area contributed by atoms with Gasteiger partial charge in [0.25, 0.3) is 0 Å². The molecule has 3 aliphatic rings. The Morgan fingerprint density at radius 2 is 1.95 bits per heavy atom. The quantitative estimate of drug-likeness (QED) is 0.413. The van der Waals surface area contributed by atoms with Crippen molar-refractivity contribution in [2.75, 3.05) is 32.4 Å². The van der Waals surface area contributed by atoms with Crippen molar-refractivity contribution in [1.82, 2.24) is 10.2 Å². The van der Waals surface area contributed by atoms with Crippen LogP contribution >= 0.6 is 24.0 Å². The van der Waals surface area contributed by atoms with Crippen LogP contribution in [0.5, 0.6) is 0 Å². The van der Waals surface area contributed by atoms with E-state index >= 15 is 0 Å². The lowest BCUT2D eigenvalue weighted by atomic mass is 10.0. The fourth-order valence-electron chi connectivity index (χ4n) is 3.50. The van der Waals surface area contributed by atoms with Crippen molar-refractivity contribution in [2.24, 2.45) is 16.3 Å². The third-order valence-electron chi connectivity index (χ3n) is 5.49. The van der Waals surface area contributed by atoms with Crippen LogP contribution in [0.4, 0.5) is 0 Å². The van der Waals surface area contributed by atoms with E-state index in [1.807, 2.05) is 13.8 Å². The fourth-order valence-corrected chi connectivity index (χ4v) is 4.86. The van der Waals surface area contributed by atoms with Crippen LogP contribution in [0.2, 0.25) is 0 Å². The molecular formula is C15H28IN3O2S. The van der Waals surface area contributed by atoms with E-state index in [2.05, 4.69) is 15.2 Å². The Kier molecular flexibility index (Phi) is 5.08. The second-order valence-electron chi connectivity index (χ2n) is 7.54. The molecule has 3 rings (SSSR count). The highest BCUT2D eigenvalue weighted by Crippen LogP contribution is 2.60. The lowest BCUT2D eigenvalue weighted by Gasteiger charge is -2.39. The van der Waals surface area contributed by atoms with Crippen molar-refractivity contribution in [1.29, 1.82) is 0 Å². The van der Waals surface area contributed by atoms with Crippen LogP contribution in [0.1, 0.15) is 39.5 Å². The van der Waals surface area contributed by atoms with E-state index < -0.39 is 14.6 Å². The van der Waals surface area contributed by atoms with E-state index in [0.29, 0.717) is 18.5 Å². The molecule has 0 aromatic heterocycles. The Hall–Kier alpha value is -0.0500. The Bertz CT molecular complexity index is 551. The van der Waals surface area contributed by atoms with Crippen LogP contribution in [0, 0.1) is 11.3 Å². The second-order valence-corrected chi connectivity index (χ2v) is 10.3. The van der Waals surface area contributed by atoms with Gasteiger partial charge in [-0.3, -0.25) is 4.99 Å². The van der Waals surface area contributed by atoms with E-state index in [1.165, 1.54) is 25.7 Å². The number of hydrogen-bond donors (Lipinski definition) is 1. The van der Waals surface area contributed by atoms with Gasteiger partial charge in [0.05, 0.1) is 10.5 Å². The number of halogens is 1. The third kappa shape index (κ3) is 3.39. The van der Waals surface area contributed by atoms with Crippen molar-refractivity contribution >= 4 is 39.8 Å². The average molecular weight is 441 g/mol. The summed E-state index contributed by atoms with van der Waals surface area (Å²) in [6.45, 7) is 5.68. The van der Waals surface area contributed by atoms with Gasteiger partial charge < -0.3 is 10.2 Å². The summed E-state index contributed by atoms with van der Waals surface area (Å²) in [5, 5.41) is 3.51. The van der Waals surface area contributed by atoms with Gasteiger partial charge in [0, 0.05) is 26.7 Å². The van der Waals surface area contributed by atoms with Crippen LogP contribution < -0.4 is 5.32 Å². The van der Waals surface area contributed by atoms with E-state index in [9.17, 15) is 8.42 Å². The first-order chi connectivity index (χ1) is 9.80. The topological polar surface area (TPSA) is 61.8 Å². The number of hydrogen-bond acceptors (Lipinski definition) is 3. The molecule has 2 aliphatic carbocycles. The molecule has 22 heavy (non-hydrogen) atoms. The van der Waals surface area contributed by atoms with Gasteiger partial charge in [-0.1, -0.05) is 0 Å². The van der Waals surface area contributed by atoms with Gasteiger partial charge in [0.15, 0.2) is 15.8 Å². The van der Waals surface area contributed by atoms with Crippen LogP contribution in [0.15, 0.2) is 4.99 Å². The van der Waals surface area contributed by atoms with Crippen molar-refractivity contribution in [2.45, 2.75) is 44.3 Å².